The van der Waals surface area contributed by atoms with Gasteiger partial charge < -0.3 is 98.7 Å². The largest absolute Gasteiger partial charge is 0.478 e. The molecule has 0 radical (unpaired) electrons. The molecule has 5 aliphatic heterocycles. The van der Waals surface area contributed by atoms with Crippen LogP contribution < -0.4 is 26.6 Å². The summed E-state index contributed by atoms with van der Waals surface area (Å²) < 4.78 is 62.4. The number of allylic oxidation sites excluding steroid dienone is 5. The summed E-state index contributed by atoms with van der Waals surface area (Å²) in [5, 5.41) is 63.3. The van der Waals surface area contributed by atoms with Crippen LogP contribution in [-0.2, 0) is 105 Å². The molecule has 5 heterocycles. The van der Waals surface area contributed by atoms with Crippen molar-refractivity contribution in [2.45, 2.75) is 78.1 Å². The number of nitrogens with one attached hydrogen (secondary N) is 5. The number of benzene rings is 5. The van der Waals surface area contributed by atoms with Gasteiger partial charge in [-0.05, 0) is 134 Å². The molecule has 0 amide bonds. The van der Waals surface area contributed by atoms with Gasteiger partial charge in [-0.2, -0.15) is 0 Å². The first kappa shape index (κ1) is 121. The Balaban J connectivity index is 0.000000319. The van der Waals surface area contributed by atoms with Crippen LogP contribution in [0.2, 0.25) is 25.1 Å². The summed E-state index contributed by atoms with van der Waals surface area (Å²) >= 11 is 31.8. The quantitative estimate of drug-likeness (QED) is 0.00449. The number of hydrogen-bond donors (Lipinski definition) is 8. The second-order valence-corrected chi connectivity index (χ2v) is 31.9. The molecular formula is C94H104Cl6N20O25. The van der Waals surface area contributed by atoms with Gasteiger partial charge in [-0.3, -0.25) is 0 Å². The number of methoxy groups -OCH3 is 5. The molecule has 0 spiro atoms. The molecular weight excluding hydrogens is 2020 g/mol. The zero-order valence-electron chi connectivity index (χ0n) is 80.3. The maximum atomic E-state index is 12.9. The standard InChI is InChI=1S/2C20H23ClN4O5.3C18H19ClN4O5.ClH/c2*1-4-30-20(27)18-15(11-29-10-9-23-25-22)24-12(2)16(19(26)28-3)17(18)13-7-5-6-8-14(13)21;3*1-10-14(18(26)27-2)15(11-5-3-4-6-12(11)19)16(17(24)25)13(22-10)9-28-8-7-21-23-20;/h2*5-8,17,24H,4,9-11H2,1-3H3;3*3-6,15,22H,7-9H2,1-2H3,(H,24,25);1H/t2*17-;2*15-;;/m1111../s1. The topological polar surface area (TPSA) is 646 Å². The van der Waals surface area contributed by atoms with E-state index in [1.807, 2.05) is 0 Å². The van der Waals surface area contributed by atoms with Gasteiger partial charge in [0.1, 0.15) is 0 Å². The Bertz CT molecular complexity index is 5730. The molecule has 10 rings (SSSR count). The number of carboxylic acid groups (broad SMARTS) is 3. The third kappa shape index (κ3) is 33.2. The van der Waals surface area contributed by atoms with Crippen LogP contribution in [-0.4, -0.2) is 223 Å². The highest BCUT2D eigenvalue weighted by Crippen LogP contribution is 2.48. The zero-order valence-corrected chi connectivity index (χ0v) is 84.9. The molecule has 8 N–H and O–H groups in total. The number of carboxylic acids is 3. The Morgan fingerprint density at radius 2 is 0.455 bits per heavy atom. The molecule has 0 aliphatic carbocycles. The van der Waals surface area contributed by atoms with Crippen molar-refractivity contribution in [2.75, 3.05) is 148 Å². The fourth-order valence-corrected chi connectivity index (χ4v) is 16.6. The van der Waals surface area contributed by atoms with E-state index in [0.717, 1.165) is 0 Å². The van der Waals surface area contributed by atoms with E-state index in [2.05, 4.69) is 76.7 Å². The zero-order chi connectivity index (χ0) is 106. The Hall–Kier alpha value is -14.7. The smallest absolute Gasteiger partial charge is 0.336 e. The minimum atomic E-state index is -1.22. The molecule has 1 unspecified atom stereocenters. The number of carbonyl (C=O) groups excluding carboxylic acids is 7. The van der Waals surface area contributed by atoms with Gasteiger partial charge in [0.05, 0.1) is 229 Å². The van der Waals surface area contributed by atoms with E-state index >= 15 is 0 Å². The number of carbonyl (C=O) groups is 10. The lowest BCUT2D eigenvalue weighted by Crippen LogP contribution is -2.35. The SMILES string of the molecule is CCOC(=O)C1=C(COCCN=[N+]=[N-])NC(C)=C(C(=O)OC)[C@H]1c1ccccc1Cl.CCOC(=O)C1=C(COCCN=[N+]=[N-])NC(C)=C(C(=O)OC)[C@H]1c1ccccc1Cl.COC(=O)C1=C(C)NC(COCCN=[N+]=[N-])=C(C(=O)O)C1c1ccccc1Cl.COC(=O)C1=C(C)NC(COCCN=[N+]=[N-])=C(C(=O)O)[C@@H]1c1ccccc1Cl.COC(=O)C1=C(C)NC(COCCN=[N+]=[N-])=C(C(=O)O)[C@@H]1c1ccccc1Cl.Cl. The van der Waals surface area contributed by atoms with Crippen LogP contribution in [0.4, 0.5) is 0 Å². The van der Waals surface area contributed by atoms with Gasteiger partial charge in [-0.15, -0.1) is 12.4 Å². The summed E-state index contributed by atoms with van der Waals surface area (Å²) in [4.78, 5) is 138. The second kappa shape index (κ2) is 62.7. The number of hydrogen-bond acceptors (Lipinski definition) is 32. The molecule has 45 nitrogen and oxygen atoms in total. The van der Waals surface area contributed by atoms with Crippen LogP contribution in [0.3, 0.4) is 0 Å². The minimum Gasteiger partial charge on any atom is -0.478 e. The number of esters is 7. The van der Waals surface area contributed by atoms with Crippen molar-refractivity contribution in [1.29, 1.82) is 0 Å². The van der Waals surface area contributed by atoms with Crippen molar-refractivity contribution >= 4 is 130 Å². The monoisotopic (exact) mass is 2120 g/mol. The van der Waals surface area contributed by atoms with Gasteiger partial charge >= 0.3 is 59.7 Å². The molecule has 51 heteroatoms. The molecule has 0 bridgehead atoms. The van der Waals surface area contributed by atoms with Crippen molar-refractivity contribution in [3.63, 3.8) is 0 Å². The number of azide groups is 5. The molecule has 0 saturated heterocycles. The van der Waals surface area contributed by atoms with E-state index in [4.69, 9.17) is 143 Å². The number of ether oxygens (including phenoxy) is 12. The van der Waals surface area contributed by atoms with Gasteiger partial charge in [0, 0.05) is 111 Å². The molecule has 5 aliphatic rings. The molecule has 772 valence electrons. The minimum absolute atomic E-state index is 0. The Labute approximate surface area is 862 Å². The average Bonchev–Trinajstić information content (AvgIpc) is 0.730. The normalized spacial score (nSPS) is 16.0. The summed E-state index contributed by atoms with van der Waals surface area (Å²) in [6.45, 7) is 13.2. The number of rotatable bonds is 42. The molecule has 5 atom stereocenters. The number of nitrogens with zero attached hydrogens (tertiary/aromatic N) is 15. The first-order valence-electron chi connectivity index (χ1n) is 43.3. The fraction of sp³-hybridized carbons (Fsp3) is 0.362. The molecule has 0 aromatic heterocycles. The number of dihydropyridines is 5. The summed E-state index contributed by atoms with van der Waals surface area (Å²) in [6, 6.07) is 34.0. The first-order chi connectivity index (χ1) is 69.2. The maximum Gasteiger partial charge on any atom is 0.336 e. The summed E-state index contributed by atoms with van der Waals surface area (Å²) in [6.07, 6.45) is 0. The van der Waals surface area contributed by atoms with E-state index in [-0.39, 0.29) is 197 Å². The van der Waals surface area contributed by atoms with E-state index in [1.54, 1.807) is 170 Å². The highest BCUT2D eigenvalue weighted by atomic mass is 35.5. The lowest BCUT2D eigenvalue weighted by Gasteiger charge is -2.31. The highest BCUT2D eigenvalue weighted by molar-refractivity contribution is 6.33. The molecule has 5 aromatic rings. The van der Waals surface area contributed by atoms with Gasteiger partial charge in [-0.1, -0.05) is 175 Å². The molecule has 0 saturated carbocycles. The highest BCUT2D eigenvalue weighted by Gasteiger charge is 2.46. The second-order valence-electron chi connectivity index (χ2n) is 29.9. The Morgan fingerprint density at radius 1 is 0.290 bits per heavy atom. The molecule has 5 aromatic carbocycles. The Morgan fingerprint density at radius 3 is 0.607 bits per heavy atom. The fourth-order valence-electron chi connectivity index (χ4n) is 15.3. The lowest BCUT2D eigenvalue weighted by atomic mass is 9.80. The van der Waals surface area contributed by atoms with E-state index in [0.29, 0.717) is 92.8 Å². The van der Waals surface area contributed by atoms with Gasteiger partial charge in [-0.25, -0.2) is 47.9 Å². The Kier molecular flexibility index (Phi) is 52.2. The molecule has 0 fully saturated rings. The van der Waals surface area contributed by atoms with Crippen LogP contribution in [0.5, 0.6) is 0 Å². The van der Waals surface area contributed by atoms with E-state index in [1.165, 1.54) is 35.5 Å². The van der Waals surface area contributed by atoms with Crippen molar-refractivity contribution < 1.29 is 120 Å². The van der Waals surface area contributed by atoms with Crippen molar-refractivity contribution in [3.8, 4) is 0 Å². The van der Waals surface area contributed by atoms with Gasteiger partial charge in [0.25, 0.3) is 0 Å². The van der Waals surface area contributed by atoms with E-state index in [9.17, 15) is 63.3 Å². The van der Waals surface area contributed by atoms with Crippen molar-refractivity contribution in [1.82, 2.24) is 26.6 Å². The lowest BCUT2D eigenvalue weighted by molar-refractivity contribution is -0.140. The average molecular weight is 2130 g/mol. The third-order valence-electron chi connectivity index (χ3n) is 21.2. The van der Waals surface area contributed by atoms with Crippen LogP contribution >= 0.6 is 70.4 Å². The van der Waals surface area contributed by atoms with Crippen LogP contribution in [0, 0.1) is 0 Å². The number of halogens is 6. The third-order valence-corrected chi connectivity index (χ3v) is 23.0. The number of aliphatic carboxylic acids is 3. The predicted molar refractivity (Wildman–Crippen MR) is 533 cm³/mol. The van der Waals surface area contributed by atoms with E-state index < -0.39 is 89.3 Å². The van der Waals surface area contributed by atoms with Gasteiger partial charge in [0.15, 0.2) is 0 Å². The summed E-state index contributed by atoms with van der Waals surface area (Å²) in [7, 11) is 6.23. The predicted octanol–water partition coefficient (Wildman–Crippen LogP) is 17.1. The van der Waals surface area contributed by atoms with Crippen molar-refractivity contribution in [3.05, 3.63) is 339 Å². The van der Waals surface area contributed by atoms with Crippen LogP contribution in [0.25, 0.3) is 52.2 Å². The first-order valence-corrected chi connectivity index (χ1v) is 45.2. The maximum absolute atomic E-state index is 12.9. The van der Waals surface area contributed by atoms with Crippen molar-refractivity contribution in [2.24, 2.45) is 25.6 Å². The van der Waals surface area contributed by atoms with Crippen LogP contribution in [0.15, 0.2) is 260 Å². The molecule has 145 heavy (non-hydrogen) atoms. The summed E-state index contributed by atoms with van der Waals surface area (Å²) in [5.41, 5.74) is 49.4. The van der Waals surface area contributed by atoms with Gasteiger partial charge in [0.2, 0.25) is 0 Å². The summed E-state index contributed by atoms with van der Waals surface area (Å²) in [5.74, 6) is -12.4. The van der Waals surface area contributed by atoms with Crippen LogP contribution in [0.1, 0.15) is 106 Å².